The summed E-state index contributed by atoms with van der Waals surface area (Å²) in [5.74, 6) is 0.181. The number of sulfonamides is 1. The number of benzene rings is 2. The Morgan fingerprint density at radius 3 is 2.42 bits per heavy atom. The van der Waals surface area contributed by atoms with Crippen molar-refractivity contribution in [3.63, 3.8) is 0 Å². The summed E-state index contributed by atoms with van der Waals surface area (Å²) < 4.78 is 32.4. The van der Waals surface area contributed by atoms with Crippen LogP contribution < -0.4 is 10.0 Å². The molecule has 0 aliphatic carbocycles. The maximum Gasteiger partial charge on any atom is 0.255 e. The number of carbonyl (C=O) groups excluding carboxylic acids is 1. The summed E-state index contributed by atoms with van der Waals surface area (Å²) in [5.41, 5.74) is 2.86. The van der Waals surface area contributed by atoms with Crippen LogP contribution in [0.1, 0.15) is 21.1 Å². The van der Waals surface area contributed by atoms with Crippen LogP contribution in [0.5, 0.6) is 0 Å². The number of nitrogens with one attached hydrogen (secondary N) is 2. The van der Waals surface area contributed by atoms with Gasteiger partial charge in [-0.2, -0.15) is 0 Å². The van der Waals surface area contributed by atoms with Gasteiger partial charge in [0.25, 0.3) is 5.91 Å². The van der Waals surface area contributed by atoms with Gasteiger partial charge in [0.1, 0.15) is 5.76 Å². The van der Waals surface area contributed by atoms with Crippen molar-refractivity contribution in [1.29, 1.82) is 0 Å². The summed E-state index contributed by atoms with van der Waals surface area (Å²) in [7, 11) is -3.71. The predicted octanol–water partition coefficient (Wildman–Crippen LogP) is 4.44. The minimum absolute atomic E-state index is 0.0496. The summed E-state index contributed by atoms with van der Waals surface area (Å²) in [4.78, 5) is 17.0. The molecule has 0 bridgehead atoms. The number of aromatic nitrogens is 1. The van der Waals surface area contributed by atoms with Crippen LogP contribution in [-0.2, 0) is 16.6 Å². The lowest BCUT2D eigenvalue weighted by Crippen LogP contribution is -2.23. The van der Waals surface area contributed by atoms with Crippen LogP contribution in [0.4, 0.5) is 5.69 Å². The molecular formula is C22H19N3O4S2. The van der Waals surface area contributed by atoms with Gasteiger partial charge in [-0.25, -0.2) is 18.1 Å². The van der Waals surface area contributed by atoms with Gasteiger partial charge in [0.15, 0.2) is 0 Å². The van der Waals surface area contributed by atoms with Crippen molar-refractivity contribution in [2.75, 3.05) is 5.32 Å². The molecule has 4 rings (SSSR count). The van der Waals surface area contributed by atoms with Crippen molar-refractivity contribution in [3.05, 3.63) is 88.6 Å². The molecule has 1 amide bonds. The number of hydrogen-bond donors (Lipinski definition) is 2. The zero-order valence-corrected chi connectivity index (χ0v) is 18.2. The Balaban J connectivity index is 1.40. The van der Waals surface area contributed by atoms with Crippen molar-refractivity contribution in [2.45, 2.75) is 18.4 Å². The summed E-state index contributed by atoms with van der Waals surface area (Å²) in [6, 6.07) is 16.5. The van der Waals surface area contributed by atoms with Crippen molar-refractivity contribution in [2.24, 2.45) is 0 Å². The molecule has 7 nitrogen and oxygen atoms in total. The number of hydrogen-bond acceptors (Lipinski definition) is 6. The van der Waals surface area contributed by atoms with E-state index in [0.717, 1.165) is 16.3 Å². The van der Waals surface area contributed by atoms with Gasteiger partial charge in [0.2, 0.25) is 10.0 Å². The van der Waals surface area contributed by atoms with Crippen LogP contribution >= 0.6 is 11.3 Å². The Kier molecular flexibility index (Phi) is 5.99. The molecular weight excluding hydrogens is 434 g/mol. The molecule has 0 aliphatic rings. The zero-order valence-electron chi connectivity index (χ0n) is 16.5. The lowest BCUT2D eigenvalue weighted by molar-refractivity contribution is 0.102. The van der Waals surface area contributed by atoms with Gasteiger partial charge in [-0.15, -0.1) is 11.3 Å². The molecule has 0 atom stereocenters. The fourth-order valence-electron chi connectivity index (χ4n) is 2.87. The molecule has 4 aromatic rings. The van der Waals surface area contributed by atoms with Crippen molar-refractivity contribution < 1.29 is 17.6 Å². The van der Waals surface area contributed by atoms with Gasteiger partial charge in [-0.1, -0.05) is 12.1 Å². The number of nitrogens with zero attached hydrogens (tertiary/aromatic N) is 1. The van der Waals surface area contributed by atoms with Gasteiger partial charge in [0.05, 0.1) is 28.4 Å². The number of rotatable bonds is 7. The number of aryl methyl sites for hydroxylation is 1. The molecule has 0 saturated carbocycles. The Morgan fingerprint density at radius 2 is 1.81 bits per heavy atom. The van der Waals surface area contributed by atoms with Crippen molar-refractivity contribution >= 4 is 33.0 Å². The van der Waals surface area contributed by atoms with E-state index in [1.807, 2.05) is 24.4 Å². The van der Waals surface area contributed by atoms with Crippen LogP contribution in [-0.4, -0.2) is 19.3 Å². The quantitative estimate of drug-likeness (QED) is 0.431. The molecule has 0 unspecified atom stereocenters. The second-order valence-electron chi connectivity index (χ2n) is 6.71. The topological polar surface area (TPSA) is 101 Å². The Morgan fingerprint density at radius 1 is 1.06 bits per heavy atom. The standard InChI is InChI=1S/C22H19N3O4S2/c1-15-24-21(14-30-15)16-4-8-18(9-5-16)25-22(26)17-6-10-20(11-7-17)31(27,28)23-13-19-3-2-12-29-19/h2-12,14,23H,13H2,1H3,(H,25,26). The van der Waals surface area contributed by atoms with Gasteiger partial charge in [-0.3, -0.25) is 4.79 Å². The minimum atomic E-state index is -3.71. The monoisotopic (exact) mass is 453 g/mol. The molecule has 0 saturated heterocycles. The second-order valence-corrected chi connectivity index (χ2v) is 9.54. The van der Waals surface area contributed by atoms with Gasteiger partial charge < -0.3 is 9.73 Å². The van der Waals surface area contributed by atoms with E-state index in [2.05, 4.69) is 15.0 Å². The summed E-state index contributed by atoms with van der Waals surface area (Å²) in [6.07, 6.45) is 1.48. The number of amides is 1. The first-order valence-electron chi connectivity index (χ1n) is 9.37. The molecule has 0 spiro atoms. The van der Waals surface area contributed by atoms with Crippen LogP contribution in [0.15, 0.2) is 81.6 Å². The third-order valence-corrected chi connectivity index (χ3v) is 6.69. The highest BCUT2D eigenvalue weighted by molar-refractivity contribution is 7.89. The molecule has 2 heterocycles. The average molecular weight is 454 g/mol. The first-order chi connectivity index (χ1) is 14.9. The normalized spacial score (nSPS) is 11.4. The van der Waals surface area contributed by atoms with E-state index in [-0.39, 0.29) is 17.3 Å². The van der Waals surface area contributed by atoms with E-state index < -0.39 is 10.0 Å². The molecule has 0 fully saturated rings. The predicted molar refractivity (Wildman–Crippen MR) is 119 cm³/mol. The third-order valence-electron chi connectivity index (χ3n) is 4.50. The van der Waals surface area contributed by atoms with Crippen molar-refractivity contribution in [1.82, 2.24) is 9.71 Å². The highest BCUT2D eigenvalue weighted by Gasteiger charge is 2.15. The van der Waals surface area contributed by atoms with E-state index in [9.17, 15) is 13.2 Å². The van der Waals surface area contributed by atoms with Crippen LogP contribution in [0.2, 0.25) is 0 Å². The molecule has 2 aromatic carbocycles. The molecule has 9 heteroatoms. The molecule has 31 heavy (non-hydrogen) atoms. The highest BCUT2D eigenvalue weighted by atomic mass is 32.2. The van der Waals surface area contributed by atoms with E-state index in [0.29, 0.717) is 17.0 Å². The molecule has 0 radical (unpaired) electrons. The largest absolute Gasteiger partial charge is 0.468 e. The first kappa shape index (κ1) is 21.0. The number of furan rings is 1. The van der Waals surface area contributed by atoms with E-state index in [1.54, 1.807) is 35.6 Å². The van der Waals surface area contributed by atoms with Gasteiger partial charge >= 0.3 is 0 Å². The highest BCUT2D eigenvalue weighted by Crippen LogP contribution is 2.23. The zero-order chi connectivity index (χ0) is 21.8. The summed E-state index contributed by atoms with van der Waals surface area (Å²) in [5, 5.41) is 5.79. The lowest BCUT2D eigenvalue weighted by atomic mass is 10.1. The van der Waals surface area contributed by atoms with E-state index in [4.69, 9.17) is 4.42 Å². The lowest BCUT2D eigenvalue weighted by Gasteiger charge is -2.08. The average Bonchev–Trinajstić information content (AvgIpc) is 3.45. The second kappa shape index (κ2) is 8.84. The molecule has 2 aromatic heterocycles. The van der Waals surface area contributed by atoms with Crippen LogP contribution in [0.25, 0.3) is 11.3 Å². The fourth-order valence-corrected chi connectivity index (χ4v) is 4.49. The minimum Gasteiger partial charge on any atom is -0.468 e. The molecule has 2 N–H and O–H groups in total. The maximum absolute atomic E-state index is 12.5. The van der Waals surface area contributed by atoms with Crippen molar-refractivity contribution in [3.8, 4) is 11.3 Å². The van der Waals surface area contributed by atoms with E-state index in [1.165, 1.54) is 30.5 Å². The maximum atomic E-state index is 12.5. The molecule has 0 aliphatic heterocycles. The summed E-state index contributed by atoms with van der Waals surface area (Å²) in [6.45, 7) is 2.00. The fraction of sp³-hybridized carbons (Fsp3) is 0.0909. The number of thiazole rings is 1. The van der Waals surface area contributed by atoms with E-state index >= 15 is 0 Å². The number of carbonyl (C=O) groups is 1. The Labute approximate surface area is 183 Å². The summed E-state index contributed by atoms with van der Waals surface area (Å²) >= 11 is 1.58. The van der Waals surface area contributed by atoms with Crippen LogP contribution in [0, 0.1) is 6.92 Å². The Bertz CT molecular complexity index is 1280. The SMILES string of the molecule is Cc1nc(-c2ccc(NC(=O)c3ccc(S(=O)(=O)NCc4ccco4)cc3)cc2)cs1. The Hall–Kier alpha value is -3.27. The first-order valence-corrected chi connectivity index (χ1v) is 11.7. The third kappa shape index (κ3) is 5.08. The van der Waals surface area contributed by atoms with Gasteiger partial charge in [0, 0.05) is 22.2 Å². The smallest absolute Gasteiger partial charge is 0.255 e. The van der Waals surface area contributed by atoms with Crippen LogP contribution in [0.3, 0.4) is 0 Å². The number of anilines is 1. The van der Waals surface area contributed by atoms with Gasteiger partial charge in [-0.05, 0) is 55.5 Å². The molecule has 158 valence electrons.